The molecule has 1 saturated heterocycles. The number of hydrogen-bond donors (Lipinski definition) is 1. The summed E-state index contributed by atoms with van der Waals surface area (Å²) >= 11 is 0. The van der Waals surface area contributed by atoms with Crippen LogP contribution in [0.1, 0.15) is 40.2 Å². The number of benzene rings is 1. The number of nitrogens with zero attached hydrogens (tertiary/aromatic N) is 1. The van der Waals surface area contributed by atoms with Crippen molar-refractivity contribution in [2.24, 2.45) is 5.92 Å². The molecule has 0 atom stereocenters. The molecule has 2 rings (SSSR count). The number of ether oxygens (including phenoxy) is 2. The lowest BCUT2D eigenvalue weighted by Gasteiger charge is -2.21. The third-order valence-corrected chi connectivity index (χ3v) is 3.48. The standard InChI is InChI=1S/C21H24N2O6/c1-13(2)11-15(22-19(26)29-21(3,4)5)17(24)23-16(18(25)28-20(23)27)12-14-9-7-6-8-10-14/h6-13H,1-5H3,(H,22,26)/b15-11-,16-12-. The molecule has 29 heavy (non-hydrogen) atoms. The van der Waals surface area contributed by atoms with E-state index in [-0.39, 0.29) is 17.3 Å². The zero-order chi connectivity index (χ0) is 21.8. The Bertz CT molecular complexity index is 878. The Morgan fingerprint density at radius 2 is 1.76 bits per heavy atom. The Morgan fingerprint density at radius 1 is 1.14 bits per heavy atom. The zero-order valence-corrected chi connectivity index (χ0v) is 17.0. The topological polar surface area (TPSA) is 102 Å². The number of carbonyl (C=O) groups is 4. The van der Waals surface area contributed by atoms with Crippen LogP contribution in [0, 0.1) is 5.92 Å². The second-order valence-corrected chi connectivity index (χ2v) is 7.69. The van der Waals surface area contributed by atoms with Crippen molar-refractivity contribution in [2.75, 3.05) is 0 Å². The smallest absolute Gasteiger partial charge is 0.429 e. The second-order valence-electron chi connectivity index (χ2n) is 7.69. The van der Waals surface area contributed by atoms with Gasteiger partial charge in [-0.25, -0.2) is 19.3 Å². The van der Waals surface area contributed by atoms with Crippen LogP contribution in [0.4, 0.5) is 9.59 Å². The summed E-state index contributed by atoms with van der Waals surface area (Å²) in [6.07, 6.45) is 0.835. The fourth-order valence-corrected chi connectivity index (χ4v) is 2.42. The summed E-state index contributed by atoms with van der Waals surface area (Å²) in [7, 11) is 0. The quantitative estimate of drug-likeness (QED) is 0.471. The average molecular weight is 400 g/mol. The molecule has 154 valence electrons. The SMILES string of the molecule is CC(C)/C=C(\NC(=O)OC(C)(C)C)C(=O)N1C(=O)OC(=O)/C1=C/c1ccccc1. The second kappa shape index (κ2) is 8.72. The molecule has 1 aromatic rings. The van der Waals surface area contributed by atoms with Crippen LogP contribution < -0.4 is 5.32 Å². The molecule has 0 bridgehead atoms. The minimum Gasteiger partial charge on any atom is -0.444 e. The Labute approximate surface area is 169 Å². The lowest BCUT2D eigenvalue weighted by atomic mass is 10.1. The van der Waals surface area contributed by atoms with Crippen LogP contribution in [0.25, 0.3) is 6.08 Å². The van der Waals surface area contributed by atoms with E-state index in [0.717, 1.165) is 0 Å². The van der Waals surface area contributed by atoms with Gasteiger partial charge in [0, 0.05) is 0 Å². The van der Waals surface area contributed by atoms with Gasteiger partial charge in [-0.05, 0) is 38.3 Å². The number of cyclic esters (lactones) is 2. The van der Waals surface area contributed by atoms with Crippen LogP contribution in [0.5, 0.6) is 0 Å². The summed E-state index contributed by atoms with van der Waals surface area (Å²) in [6.45, 7) is 8.61. The first kappa shape index (κ1) is 21.9. The Kier molecular flexibility index (Phi) is 6.58. The molecule has 0 saturated carbocycles. The summed E-state index contributed by atoms with van der Waals surface area (Å²) in [6, 6.07) is 8.69. The van der Waals surface area contributed by atoms with Gasteiger partial charge in [0.25, 0.3) is 5.91 Å². The molecule has 1 aliphatic rings. The van der Waals surface area contributed by atoms with E-state index >= 15 is 0 Å². The first-order valence-corrected chi connectivity index (χ1v) is 9.07. The number of imide groups is 1. The van der Waals surface area contributed by atoms with E-state index in [4.69, 9.17) is 4.74 Å². The molecule has 0 spiro atoms. The Balaban J connectivity index is 2.37. The van der Waals surface area contributed by atoms with E-state index in [1.807, 2.05) is 0 Å². The van der Waals surface area contributed by atoms with Gasteiger partial charge in [-0.3, -0.25) is 10.1 Å². The van der Waals surface area contributed by atoms with E-state index in [1.165, 1.54) is 12.2 Å². The molecule has 0 aliphatic carbocycles. The third kappa shape index (κ3) is 6.03. The number of amides is 3. The van der Waals surface area contributed by atoms with Gasteiger partial charge < -0.3 is 9.47 Å². The van der Waals surface area contributed by atoms with Gasteiger partial charge in [-0.2, -0.15) is 0 Å². The number of hydrogen-bond acceptors (Lipinski definition) is 6. The van der Waals surface area contributed by atoms with Crippen LogP contribution in [-0.4, -0.2) is 34.6 Å². The molecular formula is C21H24N2O6. The summed E-state index contributed by atoms with van der Waals surface area (Å²) in [5.74, 6) is -1.99. The lowest BCUT2D eigenvalue weighted by Crippen LogP contribution is -2.40. The maximum absolute atomic E-state index is 13.0. The highest BCUT2D eigenvalue weighted by molar-refractivity contribution is 6.17. The van der Waals surface area contributed by atoms with Crippen molar-refractivity contribution in [3.63, 3.8) is 0 Å². The normalized spacial score (nSPS) is 16.3. The van der Waals surface area contributed by atoms with Gasteiger partial charge in [0.2, 0.25) is 0 Å². The first-order valence-electron chi connectivity index (χ1n) is 9.07. The number of nitrogens with one attached hydrogen (secondary N) is 1. The maximum atomic E-state index is 13.0. The summed E-state index contributed by atoms with van der Waals surface area (Å²) in [5, 5.41) is 2.36. The molecule has 1 aliphatic heterocycles. The number of rotatable bonds is 4. The fraction of sp³-hybridized carbons (Fsp3) is 0.333. The minimum atomic E-state index is -1.14. The van der Waals surface area contributed by atoms with Crippen molar-refractivity contribution in [2.45, 2.75) is 40.2 Å². The van der Waals surface area contributed by atoms with Crippen LogP contribution in [0.15, 0.2) is 47.8 Å². The van der Waals surface area contributed by atoms with E-state index < -0.39 is 29.7 Å². The van der Waals surface area contributed by atoms with Gasteiger partial charge in [-0.1, -0.05) is 50.3 Å². The average Bonchev–Trinajstić information content (AvgIpc) is 2.86. The van der Waals surface area contributed by atoms with Crippen LogP contribution >= 0.6 is 0 Å². The Hall–Kier alpha value is -3.42. The molecule has 8 nitrogen and oxygen atoms in total. The molecule has 0 aromatic heterocycles. The largest absolute Gasteiger partial charge is 0.444 e. The van der Waals surface area contributed by atoms with Crippen molar-refractivity contribution in [1.29, 1.82) is 0 Å². The van der Waals surface area contributed by atoms with E-state index in [1.54, 1.807) is 65.0 Å². The molecule has 1 N–H and O–H groups in total. The molecule has 3 amide bonds. The van der Waals surface area contributed by atoms with Crippen molar-refractivity contribution >= 4 is 30.1 Å². The van der Waals surface area contributed by atoms with Crippen molar-refractivity contribution in [3.8, 4) is 0 Å². The highest BCUT2D eigenvalue weighted by Gasteiger charge is 2.42. The third-order valence-electron chi connectivity index (χ3n) is 3.48. The first-order chi connectivity index (χ1) is 13.5. The van der Waals surface area contributed by atoms with Gasteiger partial charge in [0.1, 0.15) is 17.0 Å². The van der Waals surface area contributed by atoms with Gasteiger partial charge >= 0.3 is 18.2 Å². The summed E-state index contributed by atoms with van der Waals surface area (Å²) < 4.78 is 9.78. The van der Waals surface area contributed by atoms with Gasteiger partial charge in [0.15, 0.2) is 0 Å². The molecule has 0 unspecified atom stereocenters. The van der Waals surface area contributed by atoms with Crippen molar-refractivity contribution in [1.82, 2.24) is 10.2 Å². The number of esters is 1. The van der Waals surface area contributed by atoms with Gasteiger partial charge in [0.05, 0.1) is 0 Å². The highest BCUT2D eigenvalue weighted by Crippen LogP contribution is 2.23. The highest BCUT2D eigenvalue weighted by atomic mass is 16.6. The van der Waals surface area contributed by atoms with E-state index in [9.17, 15) is 19.2 Å². The number of allylic oxidation sites excluding steroid dienone is 1. The molecule has 8 heteroatoms. The van der Waals surface area contributed by atoms with Crippen molar-refractivity contribution in [3.05, 3.63) is 53.4 Å². The zero-order valence-electron chi connectivity index (χ0n) is 17.0. The van der Waals surface area contributed by atoms with Crippen LogP contribution in [0.3, 0.4) is 0 Å². The van der Waals surface area contributed by atoms with E-state index in [2.05, 4.69) is 10.1 Å². The monoisotopic (exact) mass is 400 g/mol. The molecule has 0 radical (unpaired) electrons. The predicted molar refractivity (Wildman–Crippen MR) is 105 cm³/mol. The maximum Gasteiger partial charge on any atom is 0.429 e. The lowest BCUT2D eigenvalue weighted by molar-refractivity contribution is -0.131. The van der Waals surface area contributed by atoms with E-state index in [0.29, 0.717) is 10.5 Å². The minimum absolute atomic E-state index is 0.139. The van der Waals surface area contributed by atoms with Gasteiger partial charge in [-0.15, -0.1) is 0 Å². The predicted octanol–water partition coefficient (Wildman–Crippen LogP) is 3.60. The van der Waals surface area contributed by atoms with Crippen molar-refractivity contribution < 1.29 is 28.7 Å². The Morgan fingerprint density at radius 3 is 2.31 bits per heavy atom. The molecular weight excluding hydrogens is 376 g/mol. The van der Waals surface area contributed by atoms with Crippen LogP contribution in [0.2, 0.25) is 0 Å². The summed E-state index contributed by atoms with van der Waals surface area (Å²) in [5.41, 5.74) is -0.620. The number of alkyl carbamates (subject to hydrolysis) is 1. The molecule has 1 aromatic carbocycles. The fourth-order valence-electron chi connectivity index (χ4n) is 2.42. The number of carbonyl (C=O) groups excluding carboxylic acids is 4. The summed E-state index contributed by atoms with van der Waals surface area (Å²) in [4.78, 5) is 50.1. The molecule has 1 heterocycles. The molecule has 1 fully saturated rings. The van der Waals surface area contributed by atoms with Crippen LogP contribution in [-0.2, 0) is 19.1 Å².